The number of thiazole rings is 1. The number of fused-ring (bicyclic) bond motifs is 1. The Morgan fingerprint density at radius 2 is 1.92 bits per heavy atom. The zero-order valence-corrected chi connectivity index (χ0v) is 14.8. The van der Waals surface area contributed by atoms with Crippen molar-refractivity contribution < 1.29 is 19.1 Å². The largest absolute Gasteiger partial charge is 0.450 e. The average molecular weight is 368 g/mol. The molecule has 0 fully saturated rings. The maximum Gasteiger partial charge on any atom is 0.411 e. The van der Waals surface area contributed by atoms with Crippen molar-refractivity contribution in [2.24, 2.45) is 0 Å². The van der Waals surface area contributed by atoms with Gasteiger partial charge in [-0.3, -0.25) is 5.32 Å². The second-order valence-electron chi connectivity index (χ2n) is 5.14. The Bertz CT molecular complexity index is 915. The van der Waals surface area contributed by atoms with Gasteiger partial charge in [0.2, 0.25) is 0 Å². The van der Waals surface area contributed by atoms with E-state index in [1.54, 1.807) is 37.3 Å². The van der Waals surface area contributed by atoms with E-state index in [9.17, 15) is 9.59 Å². The standard InChI is InChI=1S/C19H16N2O4S/c1-2-24-19(23)20-13-7-9-14(10-8-13)25-18(22)12-11-17-21-15-5-3-4-6-16(15)26-17/h3-12H,2H2,1H3,(H,20,23)/b12-11+. The van der Waals surface area contributed by atoms with Gasteiger partial charge in [-0.2, -0.15) is 0 Å². The van der Waals surface area contributed by atoms with Crippen LogP contribution in [0, 0.1) is 0 Å². The molecule has 3 aromatic rings. The second kappa shape index (κ2) is 8.26. The smallest absolute Gasteiger partial charge is 0.411 e. The van der Waals surface area contributed by atoms with Gasteiger partial charge in [-0.25, -0.2) is 14.6 Å². The van der Waals surface area contributed by atoms with Gasteiger partial charge in [-0.15, -0.1) is 11.3 Å². The number of amides is 1. The first-order valence-electron chi connectivity index (χ1n) is 7.93. The number of hydrogen-bond acceptors (Lipinski definition) is 6. The summed E-state index contributed by atoms with van der Waals surface area (Å²) in [5.41, 5.74) is 1.45. The second-order valence-corrected chi connectivity index (χ2v) is 6.21. The fraction of sp³-hybridized carbons (Fsp3) is 0.105. The lowest BCUT2D eigenvalue weighted by atomic mass is 10.3. The Balaban J connectivity index is 1.58. The summed E-state index contributed by atoms with van der Waals surface area (Å²) in [5, 5.41) is 3.29. The minimum Gasteiger partial charge on any atom is -0.450 e. The molecule has 1 N–H and O–H groups in total. The molecule has 0 spiro atoms. The Hall–Kier alpha value is -3.19. The highest BCUT2D eigenvalue weighted by atomic mass is 32.1. The van der Waals surface area contributed by atoms with Crippen LogP contribution in [0.3, 0.4) is 0 Å². The van der Waals surface area contributed by atoms with Crippen LogP contribution in [-0.2, 0) is 9.53 Å². The summed E-state index contributed by atoms with van der Waals surface area (Å²) in [6.45, 7) is 2.02. The van der Waals surface area contributed by atoms with Crippen LogP contribution in [0.4, 0.5) is 10.5 Å². The number of hydrogen-bond donors (Lipinski definition) is 1. The quantitative estimate of drug-likeness (QED) is 0.408. The van der Waals surface area contributed by atoms with Gasteiger partial charge in [-0.05, 0) is 49.4 Å². The molecule has 0 aliphatic carbocycles. The van der Waals surface area contributed by atoms with Crippen molar-refractivity contribution in [1.29, 1.82) is 0 Å². The summed E-state index contributed by atoms with van der Waals surface area (Å²) < 4.78 is 11.1. The third-order valence-electron chi connectivity index (χ3n) is 3.27. The van der Waals surface area contributed by atoms with E-state index >= 15 is 0 Å². The first kappa shape index (κ1) is 17.6. The summed E-state index contributed by atoms with van der Waals surface area (Å²) in [4.78, 5) is 27.7. The zero-order chi connectivity index (χ0) is 18.4. The van der Waals surface area contributed by atoms with Crippen LogP contribution < -0.4 is 10.1 Å². The number of aromatic nitrogens is 1. The molecule has 0 aliphatic rings. The van der Waals surface area contributed by atoms with Gasteiger partial charge < -0.3 is 9.47 Å². The molecule has 1 aromatic heterocycles. The summed E-state index contributed by atoms with van der Waals surface area (Å²) in [5.74, 6) is -0.131. The third-order valence-corrected chi connectivity index (χ3v) is 4.27. The van der Waals surface area contributed by atoms with E-state index < -0.39 is 12.1 Å². The molecule has 0 atom stereocenters. The maximum atomic E-state index is 11.9. The number of para-hydroxylation sites is 1. The predicted molar refractivity (Wildman–Crippen MR) is 101 cm³/mol. The van der Waals surface area contributed by atoms with Crippen LogP contribution in [0.1, 0.15) is 11.9 Å². The lowest BCUT2D eigenvalue weighted by Crippen LogP contribution is -2.13. The van der Waals surface area contributed by atoms with E-state index in [0.29, 0.717) is 18.0 Å². The number of carbonyl (C=O) groups is 2. The van der Waals surface area contributed by atoms with Crippen molar-refractivity contribution in [3.63, 3.8) is 0 Å². The number of nitrogens with one attached hydrogen (secondary N) is 1. The van der Waals surface area contributed by atoms with Gasteiger partial charge in [0.15, 0.2) is 0 Å². The molecule has 0 unspecified atom stereocenters. The number of rotatable bonds is 5. The van der Waals surface area contributed by atoms with Gasteiger partial charge in [0.05, 0.1) is 16.8 Å². The summed E-state index contributed by atoms with van der Waals surface area (Å²) in [6.07, 6.45) is 2.43. The Kier molecular flexibility index (Phi) is 5.60. The number of anilines is 1. The highest BCUT2D eigenvalue weighted by Gasteiger charge is 2.05. The number of esters is 1. The Labute approximate surface area is 154 Å². The molecule has 3 rings (SSSR count). The van der Waals surface area contributed by atoms with Gasteiger partial charge in [-0.1, -0.05) is 12.1 Å². The lowest BCUT2D eigenvalue weighted by molar-refractivity contribution is -0.128. The molecule has 26 heavy (non-hydrogen) atoms. The van der Waals surface area contributed by atoms with Crippen LogP contribution in [0.25, 0.3) is 16.3 Å². The van der Waals surface area contributed by atoms with E-state index in [1.807, 2.05) is 24.3 Å². The molecule has 0 saturated carbocycles. The van der Waals surface area contributed by atoms with E-state index in [-0.39, 0.29) is 0 Å². The molecule has 6 nitrogen and oxygen atoms in total. The first-order valence-corrected chi connectivity index (χ1v) is 8.75. The lowest BCUT2D eigenvalue weighted by Gasteiger charge is -2.06. The molecule has 7 heteroatoms. The number of benzene rings is 2. The summed E-state index contributed by atoms with van der Waals surface area (Å²) >= 11 is 1.50. The maximum absolute atomic E-state index is 11.9. The number of nitrogens with zero attached hydrogens (tertiary/aromatic N) is 1. The topological polar surface area (TPSA) is 77.5 Å². The van der Waals surface area contributed by atoms with Crippen LogP contribution in [0.2, 0.25) is 0 Å². The van der Waals surface area contributed by atoms with Crippen molar-refractivity contribution in [1.82, 2.24) is 4.98 Å². The van der Waals surface area contributed by atoms with Crippen molar-refractivity contribution in [2.75, 3.05) is 11.9 Å². The minimum atomic E-state index is -0.531. The van der Waals surface area contributed by atoms with E-state index in [2.05, 4.69) is 10.3 Å². The molecular weight excluding hydrogens is 352 g/mol. The molecule has 132 valence electrons. The summed E-state index contributed by atoms with van der Waals surface area (Å²) in [7, 11) is 0. The van der Waals surface area contributed by atoms with Crippen molar-refractivity contribution in [2.45, 2.75) is 6.92 Å². The van der Waals surface area contributed by atoms with Gasteiger partial charge >= 0.3 is 12.1 Å². The fourth-order valence-electron chi connectivity index (χ4n) is 2.14. The number of ether oxygens (including phenoxy) is 2. The predicted octanol–water partition coefficient (Wildman–Crippen LogP) is 4.48. The first-order chi connectivity index (χ1) is 12.6. The van der Waals surface area contributed by atoms with Gasteiger partial charge in [0.1, 0.15) is 10.8 Å². The molecule has 1 heterocycles. The van der Waals surface area contributed by atoms with Gasteiger partial charge in [0.25, 0.3) is 0 Å². The molecule has 1 amide bonds. The van der Waals surface area contributed by atoms with E-state index in [4.69, 9.17) is 9.47 Å². The van der Waals surface area contributed by atoms with Crippen LogP contribution in [0.15, 0.2) is 54.6 Å². The zero-order valence-electron chi connectivity index (χ0n) is 14.0. The molecule has 0 aliphatic heterocycles. The van der Waals surface area contributed by atoms with Crippen LogP contribution in [-0.4, -0.2) is 23.7 Å². The number of carbonyl (C=O) groups excluding carboxylic acids is 2. The molecule has 0 saturated heterocycles. The minimum absolute atomic E-state index is 0.294. The monoisotopic (exact) mass is 368 g/mol. The van der Waals surface area contributed by atoms with Crippen LogP contribution >= 0.6 is 11.3 Å². The van der Waals surface area contributed by atoms with Crippen molar-refractivity contribution in [3.8, 4) is 5.75 Å². The van der Waals surface area contributed by atoms with Crippen LogP contribution in [0.5, 0.6) is 5.75 Å². The summed E-state index contributed by atoms with van der Waals surface area (Å²) in [6, 6.07) is 14.2. The Morgan fingerprint density at radius 1 is 1.15 bits per heavy atom. The van der Waals surface area contributed by atoms with Crippen molar-refractivity contribution >= 4 is 45.4 Å². The average Bonchev–Trinajstić information content (AvgIpc) is 3.05. The third kappa shape index (κ3) is 4.67. The molecule has 0 bridgehead atoms. The highest BCUT2D eigenvalue weighted by molar-refractivity contribution is 7.19. The molecule has 2 aromatic carbocycles. The fourth-order valence-corrected chi connectivity index (χ4v) is 3.01. The SMILES string of the molecule is CCOC(=O)Nc1ccc(OC(=O)/C=C/c2nc3ccccc3s2)cc1. The highest BCUT2D eigenvalue weighted by Crippen LogP contribution is 2.22. The Morgan fingerprint density at radius 3 is 2.65 bits per heavy atom. The van der Waals surface area contributed by atoms with E-state index in [1.165, 1.54) is 17.4 Å². The van der Waals surface area contributed by atoms with E-state index in [0.717, 1.165) is 15.2 Å². The van der Waals surface area contributed by atoms with Gasteiger partial charge in [0, 0.05) is 11.8 Å². The normalized spacial score (nSPS) is 10.8. The molecular formula is C19H16N2O4S. The molecule has 0 radical (unpaired) electrons. The van der Waals surface area contributed by atoms with Crippen molar-refractivity contribution in [3.05, 3.63) is 59.6 Å².